The molecule has 1 N–H and O–H groups in total. The molecule has 1 heterocycles. The molecule has 0 bridgehead atoms. The van der Waals surface area contributed by atoms with Crippen molar-refractivity contribution in [3.05, 3.63) is 18.0 Å². The fourth-order valence-electron chi connectivity index (χ4n) is 1.42. The van der Waals surface area contributed by atoms with Crippen LogP contribution in [0, 0.1) is 0 Å². The van der Waals surface area contributed by atoms with Crippen LogP contribution in [0.3, 0.4) is 0 Å². The minimum Gasteiger partial charge on any atom is -0.312 e. The van der Waals surface area contributed by atoms with Crippen LogP contribution in [-0.2, 0) is 18.3 Å². The van der Waals surface area contributed by atoms with Crippen molar-refractivity contribution in [3.8, 4) is 0 Å². The van der Waals surface area contributed by atoms with E-state index < -0.39 is 0 Å². The maximum Gasteiger partial charge on any atom is 0.140 e. The van der Waals surface area contributed by atoms with Gasteiger partial charge in [-0.2, -0.15) is 5.10 Å². The van der Waals surface area contributed by atoms with E-state index in [1.807, 2.05) is 19.3 Å². The van der Waals surface area contributed by atoms with Crippen LogP contribution < -0.4 is 5.32 Å². The molecule has 0 saturated carbocycles. The van der Waals surface area contributed by atoms with Crippen molar-refractivity contribution in [2.75, 3.05) is 6.54 Å². The van der Waals surface area contributed by atoms with E-state index in [4.69, 9.17) is 0 Å². The summed E-state index contributed by atoms with van der Waals surface area (Å²) in [6, 6.07) is 1.88. The first kappa shape index (κ1) is 12.9. The molecule has 0 fully saturated rings. The molecule has 4 heteroatoms. The highest BCUT2D eigenvalue weighted by atomic mass is 16.1. The van der Waals surface area contributed by atoms with Crippen molar-refractivity contribution >= 4 is 5.78 Å². The van der Waals surface area contributed by atoms with Crippen LogP contribution in [0.2, 0.25) is 0 Å². The van der Waals surface area contributed by atoms with Crippen molar-refractivity contribution in [1.29, 1.82) is 0 Å². The summed E-state index contributed by atoms with van der Waals surface area (Å²) in [5.41, 5.74) is 0.925. The highest BCUT2D eigenvalue weighted by Gasteiger charge is 2.10. The Morgan fingerprint density at radius 3 is 2.69 bits per heavy atom. The standard InChI is InChI=1S/C12H21N3O/c1-12(2,3)13-7-5-11(16)9-10-6-8-15(4)14-10/h6,8,13H,5,7,9H2,1-4H3. The van der Waals surface area contributed by atoms with Gasteiger partial charge in [0.15, 0.2) is 0 Å². The van der Waals surface area contributed by atoms with Crippen LogP contribution in [0.4, 0.5) is 0 Å². The lowest BCUT2D eigenvalue weighted by Crippen LogP contribution is -2.37. The Kier molecular flexibility index (Phi) is 4.24. The molecule has 1 aromatic rings. The van der Waals surface area contributed by atoms with Gasteiger partial charge >= 0.3 is 0 Å². The Hall–Kier alpha value is -1.16. The molecule has 4 nitrogen and oxygen atoms in total. The molecular formula is C12H21N3O. The molecule has 1 aromatic heterocycles. The van der Waals surface area contributed by atoms with Crippen LogP contribution >= 0.6 is 0 Å². The lowest BCUT2D eigenvalue weighted by Gasteiger charge is -2.19. The average molecular weight is 223 g/mol. The van der Waals surface area contributed by atoms with E-state index in [0.717, 1.165) is 12.2 Å². The molecule has 0 saturated heterocycles. The van der Waals surface area contributed by atoms with E-state index in [1.165, 1.54) is 0 Å². The van der Waals surface area contributed by atoms with Gasteiger partial charge in [-0.15, -0.1) is 0 Å². The third-order valence-corrected chi connectivity index (χ3v) is 2.21. The van der Waals surface area contributed by atoms with Crippen LogP contribution in [0.1, 0.15) is 32.9 Å². The number of ketones is 1. The third-order valence-electron chi connectivity index (χ3n) is 2.21. The Balaban J connectivity index is 2.26. The van der Waals surface area contributed by atoms with E-state index in [-0.39, 0.29) is 11.3 Å². The molecule has 0 aliphatic carbocycles. The summed E-state index contributed by atoms with van der Waals surface area (Å²) in [4.78, 5) is 11.6. The number of carbonyl (C=O) groups excluding carboxylic acids is 1. The molecule has 0 aliphatic heterocycles. The number of hydrogen-bond acceptors (Lipinski definition) is 3. The second-order valence-corrected chi connectivity index (χ2v) is 5.12. The van der Waals surface area contributed by atoms with Gasteiger partial charge in [-0.1, -0.05) is 0 Å². The van der Waals surface area contributed by atoms with Gasteiger partial charge in [0, 0.05) is 31.7 Å². The Bertz CT molecular complexity index is 349. The highest BCUT2D eigenvalue weighted by molar-refractivity contribution is 5.80. The number of aromatic nitrogens is 2. The smallest absolute Gasteiger partial charge is 0.140 e. The van der Waals surface area contributed by atoms with Gasteiger partial charge in [0.2, 0.25) is 0 Å². The predicted octanol–water partition coefficient (Wildman–Crippen LogP) is 1.31. The van der Waals surface area contributed by atoms with Crippen LogP contribution in [-0.4, -0.2) is 27.6 Å². The second-order valence-electron chi connectivity index (χ2n) is 5.12. The third kappa shape index (κ3) is 5.07. The van der Waals surface area contributed by atoms with Crippen molar-refractivity contribution in [3.63, 3.8) is 0 Å². The molecule has 0 amide bonds. The van der Waals surface area contributed by atoms with Gasteiger partial charge in [-0.05, 0) is 26.8 Å². The van der Waals surface area contributed by atoms with Gasteiger partial charge in [0.25, 0.3) is 0 Å². The number of carbonyl (C=O) groups is 1. The minimum atomic E-state index is 0.0747. The van der Waals surface area contributed by atoms with Gasteiger partial charge < -0.3 is 5.32 Å². The average Bonchev–Trinajstić information content (AvgIpc) is 2.48. The number of nitrogens with one attached hydrogen (secondary N) is 1. The summed E-state index contributed by atoms with van der Waals surface area (Å²) >= 11 is 0. The fourth-order valence-corrected chi connectivity index (χ4v) is 1.42. The molecule has 16 heavy (non-hydrogen) atoms. The molecule has 0 aromatic carbocycles. The molecule has 0 atom stereocenters. The summed E-state index contributed by atoms with van der Waals surface area (Å²) in [5.74, 6) is 0.232. The summed E-state index contributed by atoms with van der Waals surface area (Å²) in [6.07, 6.45) is 2.86. The van der Waals surface area contributed by atoms with E-state index >= 15 is 0 Å². The number of Topliss-reactive ketones (excluding diaryl/α,β-unsaturated/α-hetero) is 1. The van der Waals surface area contributed by atoms with Gasteiger partial charge in [0.05, 0.1) is 12.1 Å². The number of nitrogens with zero attached hydrogens (tertiary/aromatic N) is 2. The Morgan fingerprint density at radius 1 is 1.50 bits per heavy atom. The molecule has 0 unspecified atom stereocenters. The zero-order valence-corrected chi connectivity index (χ0v) is 10.6. The van der Waals surface area contributed by atoms with Crippen molar-refractivity contribution in [2.45, 2.75) is 39.2 Å². The van der Waals surface area contributed by atoms with E-state index in [9.17, 15) is 4.79 Å². The van der Waals surface area contributed by atoms with E-state index in [1.54, 1.807) is 4.68 Å². The second kappa shape index (κ2) is 5.25. The maximum absolute atomic E-state index is 11.6. The number of hydrogen-bond donors (Lipinski definition) is 1. The minimum absolute atomic E-state index is 0.0747. The summed E-state index contributed by atoms with van der Waals surface area (Å²) in [6.45, 7) is 7.01. The van der Waals surface area contributed by atoms with Gasteiger partial charge in [0.1, 0.15) is 5.78 Å². The predicted molar refractivity (Wildman–Crippen MR) is 64.3 cm³/mol. The highest BCUT2D eigenvalue weighted by Crippen LogP contribution is 2.01. The fraction of sp³-hybridized carbons (Fsp3) is 0.667. The van der Waals surface area contributed by atoms with Crippen molar-refractivity contribution in [2.24, 2.45) is 7.05 Å². The molecular weight excluding hydrogens is 202 g/mol. The quantitative estimate of drug-likeness (QED) is 0.818. The van der Waals surface area contributed by atoms with E-state index in [2.05, 4.69) is 31.2 Å². The van der Waals surface area contributed by atoms with Gasteiger partial charge in [-0.3, -0.25) is 9.48 Å². The molecule has 90 valence electrons. The summed E-state index contributed by atoms with van der Waals surface area (Å²) in [5, 5.41) is 7.48. The summed E-state index contributed by atoms with van der Waals surface area (Å²) in [7, 11) is 1.86. The number of aryl methyl sites for hydroxylation is 1. The maximum atomic E-state index is 11.6. The normalized spacial score (nSPS) is 11.8. The zero-order valence-electron chi connectivity index (χ0n) is 10.6. The zero-order chi connectivity index (χ0) is 12.2. The Morgan fingerprint density at radius 2 is 2.19 bits per heavy atom. The lowest BCUT2D eigenvalue weighted by molar-refractivity contribution is -0.118. The van der Waals surface area contributed by atoms with Crippen LogP contribution in [0.25, 0.3) is 0 Å². The lowest BCUT2D eigenvalue weighted by atomic mass is 10.1. The topological polar surface area (TPSA) is 46.9 Å². The molecule has 0 radical (unpaired) electrons. The monoisotopic (exact) mass is 223 g/mol. The first-order valence-electron chi connectivity index (χ1n) is 5.62. The van der Waals surface area contributed by atoms with Crippen LogP contribution in [0.5, 0.6) is 0 Å². The van der Waals surface area contributed by atoms with E-state index in [0.29, 0.717) is 12.8 Å². The van der Waals surface area contributed by atoms with Crippen molar-refractivity contribution < 1.29 is 4.79 Å². The van der Waals surface area contributed by atoms with Gasteiger partial charge in [-0.25, -0.2) is 0 Å². The molecule has 1 rings (SSSR count). The first-order chi connectivity index (χ1) is 7.37. The number of rotatable bonds is 5. The molecule has 0 aliphatic rings. The largest absolute Gasteiger partial charge is 0.312 e. The first-order valence-corrected chi connectivity index (χ1v) is 5.62. The van der Waals surface area contributed by atoms with Crippen molar-refractivity contribution in [1.82, 2.24) is 15.1 Å². The molecule has 0 spiro atoms. The SMILES string of the molecule is Cn1ccc(CC(=O)CCNC(C)(C)C)n1. The van der Waals surface area contributed by atoms with Crippen LogP contribution in [0.15, 0.2) is 12.3 Å². The Labute approximate surface area is 97.0 Å². The summed E-state index contributed by atoms with van der Waals surface area (Å²) < 4.78 is 1.72.